The first-order valence-electron chi connectivity index (χ1n) is 8.73. The van der Waals surface area contributed by atoms with E-state index in [1.54, 1.807) is 5.57 Å². The summed E-state index contributed by atoms with van der Waals surface area (Å²) in [7, 11) is 6.87. The van der Waals surface area contributed by atoms with Crippen molar-refractivity contribution in [2.45, 2.75) is 70.6 Å². The van der Waals surface area contributed by atoms with E-state index in [4.69, 9.17) is 0 Å². The number of rotatable bonds is 12. The van der Waals surface area contributed by atoms with Gasteiger partial charge >= 0.3 is 0 Å². The van der Waals surface area contributed by atoms with Gasteiger partial charge in [-0.2, -0.15) is 0 Å². The quantitative estimate of drug-likeness (QED) is 0.327. The van der Waals surface area contributed by atoms with Gasteiger partial charge in [0.1, 0.15) is 0 Å². The highest BCUT2D eigenvalue weighted by Crippen LogP contribution is 2.18. The number of unbranched alkanes of at least 4 members (excludes halogenated alkanes) is 8. The zero-order valence-electron chi connectivity index (χ0n) is 14.2. The van der Waals surface area contributed by atoms with Crippen LogP contribution in [0.4, 0.5) is 0 Å². The van der Waals surface area contributed by atoms with Crippen molar-refractivity contribution >= 4 is 0 Å². The molecule has 0 N–H and O–H groups in total. The van der Waals surface area contributed by atoms with Crippen molar-refractivity contribution in [1.82, 2.24) is 0 Å². The van der Waals surface area contributed by atoms with Crippen molar-refractivity contribution in [2.24, 2.45) is 0 Å². The van der Waals surface area contributed by atoms with Gasteiger partial charge in [-0.1, -0.05) is 62.3 Å². The van der Waals surface area contributed by atoms with Crippen LogP contribution in [0, 0.1) is 0 Å². The van der Waals surface area contributed by atoms with Gasteiger partial charge in [-0.25, -0.2) is 0 Å². The minimum absolute atomic E-state index is 1.12. The number of hydrogen-bond acceptors (Lipinski definition) is 0. The molecule has 116 valence electrons. The predicted molar refractivity (Wildman–Crippen MR) is 90.9 cm³/mol. The molecule has 0 radical (unpaired) electrons. The van der Waals surface area contributed by atoms with Gasteiger partial charge in [0.05, 0.1) is 27.7 Å². The standard InChI is InChI=1S/C19H36N/c1-20(2,3)18-14-10-8-6-4-5-7-9-11-15-19-16-12-13-17-19/h12-13,16H,4-11,14-15,17-18H2,1-3H3/q+1. The van der Waals surface area contributed by atoms with E-state index in [0.717, 1.165) is 4.48 Å². The van der Waals surface area contributed by atoms with Gasteiger partial charge in [-0.05, 0) is 32.1 Å². The Morgan fingerprint density at radius 2 is 1.35 bits per heavy atom. The average molecular weight is 279 g/mol. The van der Waals surface area contributed by atoms with Gasteiger partial charge in [-0.15, -0.1) is 0 Å². The molecule has 0 aliphatic heterocycles. The second-order valence-corrected chi connectivity index (χ2v) is 7.40. The van der Waals surface area contributed by atoms with Crippen molar-refractivity contribution in [3.05, 3.63) is 23.8 Å². The van der Waals surface area contributed by atoms with Crippen LogP contribution in [-0.4, -0.2) is 32.2 Å². The lowest BCUT2D eigenvalue weighted by Crippen LogP contribution is -2.35. The fraction of sp³-hybridized carbons (Fsp3) is 0.789. The summed E-state index contributed by atoms with van der Waals surface area (Å²) < 4.78 is 1.12. The molecule has 1 aliphatic carbocycles. The predicted octanol–water partition coefficient (Wildman–Crippen LogP) is 5.48. The Morgan fingerprint density at radius 3 is 1.85 bits per heavy atom. The number of allylic oxidation sites excluding steroid dienone is 4. The van der Waals surface area contributed by atoms with E-state index in [-0.39, 0.29) is 0 Å². The van der Waals surface area contributed by atoms with E-state index in [1.807, 2.05) is 0 Å². The average Bonchev–Trinajstić information content (AvgIpc) is 2.87. The van der Waals surface area contributed by atoms with Crippen LogP contribution in [0.15, 0.2) is 23.8 Å². The summed E-state index contributed by atoms with van der Waals surface area (Å²) >= 11 is 0. The Balaban J connectivity index is 1.74. The summed E-state index contributed by atoms with van der Waals surface area (Å²) in [6.07, 6.45) is 22.2. The molecular formula is C19H36N+. The lowest BCUT2D eigenvalue weighted by atomic mass is 10.0. The van der Waals surface area contributed by atoms with E-state index >= 15 is 0 Å². The molecule has 0 amide bonds. The first-order chi connectivity index (χ1) is 9.58. The van der Waals surface area contributed by atoms with Crippen molar-refractivity contribution in [1.29, 1.82) is 0 Å². The number of quaternary nitrogens is 1. The Kier molecular flexibility index (Phi) is 8.93. The third-order valence-electron chi connectivity index (χ3n) is 4.17. The minimum atomic E-state index is 1.12. The second kappa shape index (κ2) is 10.2. The maximum Gasteiger partial charge on any atom is 0.0780 e. The molecule has 0 unspecified atom stereocenters. The Morgan fingerprint density at radius 1 is 0.800 bits per heavy atom. The third kappa shape index (κ3) is 10.3. The Bertz CT molecular complexity index is 293. The lowest BCUT2D eigenvalue weighted by molar-refractivity contribution is -0.870. The highest BCUT2D eigenvalue weighted by Gasteiger charge is 2.05. The highest BCUT2D eigenvalue weighted by atomic mass is 15.3. The van der Waals surface area contributed by atoms with Crippen LogP contribution >= 0.6 is 0 Å². The molecule has 1 nitrogen and oxygen atoms in total. The fourth-order valence-corrected chi connectivity index (χ4v) is 2.85. The van der Waals surface area contributed by atoms with Crippen LogP contribution in [0.1, 0.15) is 70.6 Å². The molecule has 1 rings (SSSR count). The van der Waals surface area contributed by atoms with Crippen LogP contribution in [-0.2, 0) is 0 Å². The number of hydrogen-bond donors (Lipinski definition) is 0. The molecule has 0 saturated heterocycles. The normalized spacial score (nSPS) is 14.8. The van der Waals surface area contributed by atoms with E-state index in [2.05, 4.69) is 39.4 Å². The summed E-state index contributed by atoms with van der Waals surface area (Å²) in [4.78, 5) is 0. The van der Waals surface area contributed by atoms with Gasteiger partial charge in [0.2, 0.25) is 0 Å². The maximum absolute atomic E-state index is 2.30. The summed E-state index contributed by atoms with van der Waals surface area (Å²) in [5.41, 5.74) is 1.64. The van der Waals surface area contributed by atoms with Crippen molar-refractivity contribution in [2.75, 3.05) is 27.7 Å². The molecule has 0 aromatic carbocycles. The smallest absolute Gasteiger partial charge is 0.0780 e. The third-order valence-corrected chi connectivity index (χ3v) is 4.17. The zero-order valence-corrected chi connectivity index (χ0v) is 14.2. The second-order valence-electron chi connectivity index (χ2n) is 7.40. The fourth-order valence-electron chi connectivity index (χ4n) is 2.85. The first kappa shape index (κ1) is 17.5. The molecule has 0 aromatic heterocycles. The van der Waals surface area contributed by atoms with Gasteiger partial charge in [0, 0.05) is 0 Å². The molecule has 20 heavy (non-hydrogen) atoms. The SMILES string of the molecule is C[N+](C)(C)CCCCCCCCCCCC1=CC=CC1. The highest BCUT2D eigenvalue weighted by molar-refractivity contribution is 5.22. The van der Waals surface area contributed by atoms with E-state index in [0.29, 0.717) is 0 Å². The number of nitrogens with zero attached hydrogens (tertiary/aromatic N) is 1. The lowest BCUT2D eigenvalue weighted by Gasteiger charge is -2.23. The summed E-state index contributed by atoms with van der Waals surface area (Å²) in [6.45, 7) is 1.32. The van der Waals surface area contributed by atoms with Crippen LogP contribution in [0.2, 0.25) is 0 Å². The molecular weight excluding hydrogens is 242 g/mol. The first-order valence-corrected chi connectivity index (χ1v) is 8.73. The maximum atomic E-state index is 2.30. The molecule has 1 aliphatic rings. The van der Waals surface area contributed by atoms with E-state index in [9.17, 15) is 0 Å². The summed E-state index contributed by atoms with van der Waals surface area (Å²) in [5, 5.41) is 0. The summed E-state index contributed by atoms with van der Waals surface area (Å²) in [6, 6.07) is 0. The molecule has 0 heterocycles. The molecule has 0 aromatic rings. The molecule has 1 heteroatoms. The van der Waals surface area contributed by atoms with Crippen molar-refractivity contribution in [3.63, 3.8) is 0 Å². The van der Waals surface area contributed by atoms with Gasteiger partial charge in [0.15, 0.2) is 0 Å². The Hall–Kier alpha value is -0.560. The van der Waals surface area contributed by atoms with Crippen LogP contribution in [0.3, 0.4) is 0 Å². The van der Waals surface area contributed by atoms with Gasteiger partial charge in [0.25, 0.3) is 0 Å². The zero-order chi connectivity index (χ0) is 14.7. The summed E-state index contributed by atoms with van der Waals surface area (Å²) in [5.74, 6) is 0. The van der Waals surface area contributed by atoms with Gasteiger partial charge in [-0.3, -0.25) is 0 Å². The van der Waals surface area contributed by atoms with Gasteiger partial charge < -0.3 is 4.48 Å². The topological polar surface area (TPSA) is 0 Å². The Labute approximate surface area is 127 Å². The molecule has 0 bridgehead atoms. The van der Waals surface area contributed by atoms with Crippen LogP contribution in [0.5, 0.6) is 0 Å². The van der Waals surface area contributed by atoms with Crippen LogP contribution < -0.4 is 0 Å². The molecule has 0 atom stereocenters. The monoisotopic (exact) mass is 278 g/mol. The molecule has 0 fully saturated rings. The largest absolute Gasteiger partial charge is 0.331 e. The van der Waals surface area contributed by atoms with Crippen molar-refractivity contribution < 1.29 is 4.48 Å². The molecule has 0 spiro atoms. The van der Waals surface area contributed by atoms with Crippen LogP contribution in [0.25, 0.3) is 0 Å². The van der Waals surface area contributed by atoms with E-state index < -0.39 is 0 Å². The minimum Gasteiger partial charge on any atom is -0.331 e. The molecule has 0 saturated carbocycles. The van der Waals surface area contributed by atoms with Crippen molar-refractivity contribution in [3.8, 4) is 0 Å². The van der Waals surface area contributed by atoms with E-state index in [1.165, 1.54) is 77.2 Å².